The molecule has 2 aromatic rings. The molecule has 0 unspecified atom stereocenters. The van der Waals surface area contributed by atoms with Gasteiger partial charge in [0.2, 0.25) is 0 Å². The van der Waals surface area contributed by atoms with Gasteiger partial charge in [0, 0.05) is 27.2 Å². The van der Waals surface area contributed by atoms with Crippen LogP contribution in [0.2, 0.25) is 0 Å². The molecule has 16 heavy (non-hydrogen) atoms. The molecule has 1 nitrogen and oxygen atoms in total. The minimum Gasteiger partial charge on any atom is -0.294 e. The highest BCUT2D eigenvalue weighted by Crippen LogP contribution is 2.23. The summed E-state index contributed by atoms with van der Waals surface area (Å²) in [7, 11) is 0. The van der Waals surface area contributed by atoms with Crippen molar-refractivity contribution in [1.82, 2.24) is 0 Å². The van der Waals surface area contributed by atoms with Crippen LogP contribution in [-0.4, -0.2) is 5.78 Å². The molecular formula is C12H8BrFOS. The van der Waals surface area contributed by atoms with Crippen LogP contribution < -0.4 is 0 Å². The van der Waals surface area contributed by atoms with E-state index in [4.69, 9.17) is 0 Å². The van der Waals surface area contributed by atoms with Gasteiger partial charge < -0.3 is 0 Å². The van der Waals surface area contributed by atoms with Crippen molar-refractivity contribution in [2.45, 2.75) is 6.42 Å². The van der Waals surface area contributed by atoms with E-state index in [0.717, 1.165) is 4.47 Å². The summed E-state index contributed by atoms with van der Waals surface area (Å²) < 4.78 is 13.7. The van der Waals surface area contributed by atoms with Crippen molar-refractivity contribution in [2.24, 2.45) is 0 Å². The van der Waals surface area contributed by atoms with Gasteiger partial charge in [0.1, 0.15) is 5.82 Å². The lowest BCUT2D eigenvalue weighted by atomic mass is 10.1. The summed E-state index contributed by atoms with van der Waals surface area (Å²) >= 11 is 4.78. The van der Waals surface area contributed by atoms with Gasteiger partial charge in [-0.15, -0.1) is 0 Å². The van der Waals surface area contributed by atoms with Crippen molar-refractivity contribution in [1.29, 1.82) is 0 Å². The van der Waals surface area contributed by atoms with Gasteiger partial charge in [0.25, 0.3) is 0 Å². The third-order valence-electron chi connectivity index (χ3n) is 2.17. The van der Waals surface area contributed by atoms with Crippen LogP contribution >= 0.6 is 27.3 Å². The van der Waals surface area contributed by atoms with E-state index in [-0.39, 0.29) is 18.0 Å². The number of halogens is 2. The van der Waals surface area contributed by atoms with Crippen LogP contribution in [0.25, 0.3) is 0 Å². The first-order valence-corrected chi connectivity index (χ1v) is 6.40. The number of Topliss-reactive ketones (excluding diaryl/α,β-unsaturated/α-hetero) is 1. The van der Waals surface area contributed by atoms with Crippen LogP contribution in [0.5, 0.6) is 0 Å². The highest BCUT2D eigenvalue weighted by Gasteiger charge is 2.11. The maximum absolute atomic E-state index is 12.9. The average Bonchev–Trinajstić information content (AvgIpc) is 2.64. The molecular weight excluding hydrogens is 291 g/mol. The Morgan fingerprint density at radius 2 is 2.19 bits per heavy atom. The molecule has 0 aliphatic rings. The predicted molar refractivity (Wildman–Crippen MR) is 66.5 cm³/mol. The van der Waals surface area contributed by atoms with Gasteiger partial charge >= 0.3 is 0 Å². The Morgan fingerprint density at radius 1 is 1.38 bits per heavy atom. The Hall–Kier alpha value is -1.00. The molecule has 0 N–H and O–H groups in total. The molecule has 0 spiro atoms. The van der Waals surface area contributed by atoms with Crippen molar-refractivity contribution < 1.29 is 9.18 Å². The van der Waals surface area contributed by atoms with Gasteiger partial charge in [-0.25, -0.2) is 4.39 Å². The molecule has 0 saturated carbocycles. The molecule has 0 saturated heterocycles. The van der Waals surface area contributed by atoms with Crippen LogP contribution in [0, 0.1) is 5.82 Å². The lowest BCUT2D eigenvalue weighted by molar-refractivity contribution is 0.0992. The van der Waals surface area contributed by atoms with E-state index in [1.807, 2.05) is 5.38 Å². The minimum atomic E-state index is -0.310. The third kappa shape index (κ3) is 2.57. The third-order valence-corrected chi connectivity index (χ3v) is 3.87. The summed E-state index contributed by atoms with van der Waals surface area (Å²) in [5.41, 5.74) is 1.36. The quantitative estimate of drug-likeness (QED) is 0.781. The lowest BCUT2D eigenvalue weighted by Crippen LogP contribution is -2.02. The first kappa shape index (κ1) is 11.5. The molecule has 0 atom stereocenters. The second-order valence-electron chi connectivity index (χ2n) is 3.36. The Balaban J connectivity index is 2.17. The standard InChI is InChI=1S/C12H8BrFOS/c13-11-7-16-6-10(11)12(15)5-8-2-1-3-9(14)4-8/h1-4,6-7H,5H2. The largest absolute Gasteiger partial charge is 0.294 e. The molecule has 0 aliphatic heterocycles. The minimum absolute atomic E-state index is 0.00118. The highest BCUT2D eigenvalue weighted by molar-refractivity contribution is 9.10. The monoisotopic (exact) mass is 298 g/mol. The van der Waals surface area contributed by atoms with Crippen LogP contribution in [0.4, 0.5) is 4.39 Å². The van der Waals surface area contributed by atoms with Gasteiger partial charge in [-0.2, -0.15) is 11.3 Å². The molecule has 0 fully saturated rings. The molecule has 2 rings (SSSR count). The Labute approximate surface area is 105 Å². The second-order valence-corrected chi connectivity index (χ2v) is 4.96. The Bertz CT molecular complexity index is 521. The molecule has 0 aliphatic carbocycles. The van der Waals surface area contributed by atoms with Crippen molar-refractivity contribution in [3.8, 4) is 0 Å². The van der Waals surface area contributed by atoms with E-state index in [0.29, 0.717) is 11.1 Å². The number of hydrogen-bond donors (Lipinski definition) is 0. The number of carbonyl (C=O) groups is 1. The van der Waals surface area contributed by atoms with E-state index >= 15 is 0 Å². The zero-order valence-electron chi connectivity index (χ0n) is 8.24. The van der Waals surface area contributed by atoms with Crippen LogP contribution in [-0.2, 0) is 6.42 Å². The topological polar surface area (TPSA) is 17.1 Å². The summed E-state index contributed by atoms with van der Waals surface area (Å²) in [4.78, 5) is 11.9. The molecule has 1 aromatic carbocycles. The predicted octanol–water partition coefficient (Wildman–Crippen LogP) is 4.08. The fourth-order valence-electron chi connectivity index (χ4n) is 1.41. The second kappa shape index (κ2) is 4.89. The molecule has 0 amide bonds. The first-order chi connectivity index (χ1) is 7.66. The first-order valence-electron chi connectivity index (χ1n) is 4.66. The van der Waals surface area contributed by atoms with Crippen LogP contribution in [0.3, 0.4) is 0 Å². The number of rotatable bonds is 3. The summed E-state index contributed by atoms with van der Waals surface area (Å²) in [6.45, 7) is 0. The average molecular weight is 299 g/mol. The van der Waals surface area contributed by atoms with Gasteiger partial charge in [-0.05, 0) is 33.6 Å². The number of thiophene rings is 1. The molecule has 1 aromatic heterocycles. The molecule has 0 radical (unpaired) electrons. The SMILES string of the molecule is O=C(Cc1cccc(F)c1)c1cscc1Br. The number of benzene rings is 1. The van der Waals surface area contributed by atoms with Crippen LogP contribution in [0.15, 0.2) is 39.5 Å². The van der Waals surface area contributed by atoms with Crippen molar-refractivity contribution in [3.05, 3.63) is 56.4 Å². The fraction of sp³-hybridized carbons (Fsp3) is 0.0833. The van der Waals surface area contributed by atoms with Crippen molar-refractivity contribution in [2.75, 3.05) is 0 Å². The lowest BCUT2D eigenvalue weighted by Gasteiger charge is -2.00. The summed E-state index contributed by atoms with van der Waals surface area (Å²) in [6.07, 6.45) is 0.229. The van der Waals surface area contributed by atoms with Crippen molar-refractivity contribution >= 4 is 33.0 Å². The van der Waals surface area contributed by atoms with Gasteiger partial charge in [-0.3, -0.25) is 4.79 Å². The summed E-state index contributed by atoms with van der Waals surface area (Å²) in [6, 6.07) is 6.12. The number of ketones is 1. The van der Waals surface area contributed by atoms with E-state index < -0.39 is 0 Å². The molecule has 82 valence electrons. The molecule has 1 heterocycles. The zero-order chi connectivity index (χ0) is 11.5. The van der Waals surface area contributed by atoms with E-state index in [1.165, 1.54) is 23.5 Å². The normalized spacial score (nSPS) is 10.4. The van der Waals surface area contributed by atoms with Gasteiger partial charge in [0.15, 0.2) is 5.78 Å². The van der Waals surface area contributed by atoms with E-state index in [9.17, 15) is 9.18 Å². The van der Waals surface area contributed by atoms with E-state index in [2.05, 4.69) is 15.9 Å². The Morgan fingerprint density at radius 3 is 2.81 bits per heavy atom. The zero-order valence-corrected chi connectivity index (χ0v) is 10.6. The number of carbonyl (C=O) groups excluding carboxylic acids is 1. The maximum Gasteiger partial charge on any atom is 0.169 e. The van der Waals surface area contributed by atoms with Gasteiger partial charge in [0.05, 0.1) is 0 Å². The maximum atomic E-state index is 12.9. The Kier molecular flexibility index (Phi) is 3.51. The van der Waals surface area contributed by atoms with E-state index in [1.54, 1.807) is 17.5 Å². The van der Waals surface area contributed by atoms with Gasteiger partial charge in [-0.1, -0.05) is 12.1 Å². The van der Waals surface area contributed by atoms with Crippen LogP contribution in [0.1, 0.15) is 15.9 Å². The number of hydrogen-bond acceptors (Lipinski definition) is 2. The highest BCUT2D eigenvalue weighted by atomic mass is 79.9. The molecule has 0 bridgehead atoms. The molecule has 4 heteroatoms. The summed E-state index contributed by atoms with van der Waals surface area (Å²) in [5.74, 6) is -0.312. The summed E-state index contributed by atoms with van der Waals surface area (Å²) in [5, 5.41) is 3.66. The fourth-order valence-corrected chi connectivity index (χ4v) is 2.93. The van der Waals surface area contributed by atoms with Crippen molar-refractivity contribution in [3.63, 3.8) is 0 Å². The smallest absolute Gasteiger partial charge is 0.169 e.